The van der Waals surface area contributed by atoms with Crippen LogP contribution in [0.5, 0.6) is 0 Å². The highest BCUT2D eigenvalue weighted by Crippen LogP contribution is 2.63. The molecule has 0 spiro atoms. The second kappa shape index (κ2) is 4.72. The fourth-order valence-electron chi connectivity index (χ4n) is 6.23. The highest BCUT2D eigenvalue weighted by molar-refractivity contribution is 5.91. The van der Waals surface area contributed by atoms with E-state index in [2.05, 4.69) is 33.4 Å². The molecule has 3 aliphatic carbocycles. The highest BCUT2D eigenvalue weighted by Gasteiger charge is 2.59. The summed E-state index contributed by atoms with van der Waals surface area (Å²) in [5.41, 5.74) is 2.16. The first kappa shape index (κ1) is 15.4. The van der Waals surface area contributed by atoms with Crippen LogP contribution in [0.25, 0.3) is 0 Å². The molecule has 6 atom stereocenters. The van der Waals surface area contributed by atoms with Crippen LogP contribution in [0.15, 0.2) is 23.8 Å². The standard InChI is InChI=1S/C20H28O3/c1-11-12-5-7-14-13(17(12)23-18(11)22)6-8-15-19(2,3)16(21)9-10-20(14,15)4/h6,12,14-17,21H,1,5,7-10H2,2-4H3/t12-,14+,15+,16+,17+,20-/m0/s1. The van der Waals surface area contributed by atoms with Crippen LogP contribution in [0.1, 0.15) is 52.9 Å². The smallest absolute Gasteiger partial charge is 0.334 e. The topological polar surface area (TPSA) is 46.5 Å². The van der Waals surface area contributed by atoms with E-state index in [4.69, 9.17) is 4.74 Å². The Labute approximate surface area is 138 Å². The number of carbonyl (C=O) groups excluding carboxylic acids is 1. The molecule has 23 heavy (non-hydrogen) atoms. The highest BCUT2D eigenvalue weighted by atomic mass is 16.6. The van der Waals surface area contributed by atoms with Gasteiger partial charge in [-0.25, -0.2) is 4.79 Å². The van der Waals surface area contributed by atoms with Gasteiger partial charge in [0.15, 0.2) is 0 Å². The summed E-state index contributed by atoms with van der Waals surface area (Å²) in [6, 6.07) is 0. The summed E-state index contributed by atoms with van der Waals surface area (Å²) in [5.74, 6) is 0.956. The van der Waals surface area contributed by atoms with Gasteiger partial charge in [-0.3, -0.25) is 0 Å². The number of carbonyl (C=O) groups is 1. The Bertz CT molecular complexity index is 602. The number of rotatable bonds is 0. The summed E-state index contributed by atoms with van der Waals surface area (Å²) < 4.78 is 5.69. The molecule has 0 radical (unpaired) electrons. The van der Waals surface area contributed by atoms with Crippen LogP contribution in [0.3, 0.4) is 0 Å². The first-order valence-corrected chi connectivity index (χ1v) is 9.04. The molecule has 2 saturated carbocycles. The normalized spacial score (nSPS) is 48.0. The average molecular weight is 316 g/mol. The Balaban J connectivity index is 1.73. The van der Waals surface area contributed by atoms with Crippen LogP contribution in [0, 0.1) is 28.6 Å². The van der Waals surface area contributed by atoms with E-state index in [0.29, 0.717) is 17.4 Å². The Morgan fingerprint density at radius 1 is 1.26 bits per heavy atom. The fourth-order valence-corrected chi connectivity index (χ4v) is 6.23. The molecule has 3 nitrogen and oxygen atoms in total. The van der Waals surface area contributed by atoms with Gasteiger partial charge in [0, 0.05) is 11.5 Å². The summed E-state index contributed by atoms with van der Waals surface area (Å²) in [6.07, 6.45) is 7.10. The molecule has 0 amide bonds. The molecule has 1 heterocycles. The van der Waals surface area contributed by atoms with Crippen molar-refractivity contribution in [3.8, 4) is 0 Å². The second-order valence-electron chi connectivity index (χ2n) is 8.96. The number of aliphatic hydroxyl groups is 1. The minimum absolute atomic E-state index is 0.0537. The zero-order valence-electron chi connectivity index (χ0n) is 14.5. The molecule has 1 aliphatic heterocycles. The second-order valence-corrected chi connectivity index (χ2v) is 8.96. The van der Waals surface area contributed by atoms with E-state index in [1.165, 1.54) is 5.57 Å². The SMILES string of the molecule is C=C1C(=O)O[C@H]2C3=CC[C@@H]4C(C)(C)[C@H](O)CC[C@@]4(C)[C@@H]3CC[C@@H]12. The molecule has 3 fully saturated rings. The number of esters is 1. The van der Waals surface area contributed by atoms with E-state index >= 15 is 0 Å². The van der Waals surface area contributed by atoms with Crippen molar-refractivity contribution in [2.45, 2.75) is 65.1 Å². The fraction of sp³-hybridized carbons (Fsp3) is 0.750. The molecule has 1 N–H and O–H groups in total. The summed E-state index contributed by atoms with van der Waals surface area (Å²) in [4.78, 5) is 11.9. The maximum atomic E-state index is 11.9. The molecule has 1 saturated heterocycles. The molecule has 0 aromatic rings. The van der Waals surface area contributed by atoms with Crippen LogP contribution in [-0.2, 0) is 9.53 Å². The maximum absolute atomic E-state index is 11.9. The van der Waals surface area contributed by atoms with Gasteiger partial charge in [0.1, 0.15) is 6.10 Å². The van der Waals surface area contributed by atoms with Gasteiger partial charge in [0.2, 0.25) is 0 Å². The molecule has 3 heteroatoms. The predicted molar refractivity (Wildman–Crippen MR) is 88.6 cm³/mol. The summed E-state index contributed by atoms with van der Waals surface area (Å²) in [7, 11) is 0. The first-order valence-electron chi connectivity index (χ1n) is 9.04. The van der Waals surface area contributed by atoms with Crippen molar-refractivity contribution < 1.29 is 14.6 Å². The summed E-state index contributed by atoms with van der Waals surface area (Å²) >= 11 is 0. The van der Waals surface area contributed by atoms with E-state index in [-0.39, 0.29) is 34.9 Å². The number of aliphatic hydroxyl groups excluding tert-OH is 1. The van der Waals surface area contributed by atoms with Gasteiger partial charge in [-0.1, -0.05) is 33.4 Å². The molecular weight excluding hydrogens is 288 g/mol. The lowest BCUT2D eigenvalue weighted by atomic mass is 9.45. The Morgan fingerprint density at radius 3 is 2.74 bits per heavy atom. The number of hydrogen-bond acceptors (Lipinski definition) is 3. The van der Waals surface area contributed by atoms with Crippen molar-refractivity contribution in [2.24, 2.45) is 28.6 Å². The van der Waals surface area contributed by atoms with Crippen LogP contribution >= 0.6 is 0 Å². The third-order valence-corrected chi connectivity index (χ3v) is 7.70. The lowest BCUT2D eigenvalue weighted by Crippen LogP contribution is -2.56. The first-order chi connectivity index (χ1) is 10.8. The third-order valence-electron chi connectivity index (χ3n) is 7.70. The average Bonchev–Trinajstić information content (AvgIpc) is 2.79. The van der Waals surface area contributed by atoms with Gasteiger partial charge in [-0.05, 0) is 60.3 Å². The maximum Gasteiger partial charge on any atom is 0.334 e. The van der Waals surface area contributed by atoms with Gasteiger partial charge >= 0.3 is 5.97 Å². The number of allylic oxidation sites excluding steroid dienone is 1. The Hall–Kier alpha value is -1.09. The van der Waals surface area contributed by atoms with Crippen molar-refractivity contribution >= 4 is 5.97 Å². The Kier molecular flexibility index (Phi) is 3.17. The van der Waals surface area contributed by atoms with Crippen molar-refractivity contribution in [3.63, 3.8) is 0 Å². The minimum atomic E-state index is -0.212. The molecule has 0 aromatic carbocycles. The predicted octanol–water partition coefficient (Wildman–Crippen LogP) is 3.63. The number of ether oxygens (including phenoxy) is 1. The van der Waals surface area contributed by atoms with Crippen LogP contribution < -0.4 is 0 Å². The van der Waals surface area contributed by atoms with Crippen molar-refractivity contribution in [1.82, 2.24) is 0 Å². The molecule has 0 unspecified atom stereocenters. The van der Waals surface area contributed by atoms with Gasteiger partial charge < -0.3 is 9.84 Å². The number of hydrogen-bond donors (Lipinski definition) is 1. The number of fused-ring (bicyclic) bond motifs is 5. The van der Waals surface area contributed by atoms with E-state index in [9.17, 15) is 9.90 Å². The molecule has 4 aliphatic rings. The van der Waals surface area contributed by atoms with Crippen molar-refractivity contribution in [1.29, 1.82) is 0 Å². The molecular formula is C20H28O3. The van der Waals surface area contributed by atoms with Crippen LogP contribution in [0.2, 0.25) is 0 Å². The van der Waals surface area contributed by atoms with E-state index in [0.717, 1.165) is 32.1 Å². The van der Waals surface area contributed by atoms with Gasteiger partial charge in [0.05, 0.1) is 6.10 Å². The van der Waals surface area contributed by atoms with E-state index in [1.54, 1.807) is 0 Å². The largest absolute Gasteiger partial charge is 0.454 e. The third kappa shape index (κ3) is 1.89. The molecule has 126 valence electrons. The van der Waals surface area contributed by atoms with Gasteiger partial charge in [-0.2, -0.15) is 0 Å². The van der Waals surface area contributed by atoms with E-state index in [1.807, 2.05) is 0 Å². The van der Waals surface area contributed by atoms with Gasteiger partial charge in [-0.15, -0.1) is 0 Å². The quantitative estimate of drug-likeness (QED) is 0.422. The van der Waals surface area contributed by atoms with Crippen LogP contribution in [-0.4, -0.2) is 23.3 Å². The monoisotopic (exact) mass is 316 g/mol. The Morgan fingerprint density at radius 2 is 2.00 bits per heavy atom. The lowest BCUT2D eigenvalue weighted by Gasteiger charge is -2.60. The zero-order chi connectivity index (χ0) is 16.6. The molecule has 0 aromatic heterocycles. The van der Waals surface area contributed by atoms with Crippen molar-refractivity contribution in [3.05, 3.63) is 23.8 Å². The molecule has 0 bridgehead atoms. The minimum Gasteiger partial charge on any atom is -0.454 e. The van der Waals surface area contributed by atoms with Crippen LogP contribution in [0.4, 0.5) is 0 Å². The molecule has 4 rings (SSSR count). The summed E-state index contributed by atoms with van der Waals surface area (Å²) in [6.45, 7) is 10.8. The van der Waals surface area contributed by atoms with Crippen molar-refractivity contribution in [2.75, 3.05) is 0 Å². The zero-order valence-corrected chi connectivity index (χ0v) is 14.5. The van der Waals surface area contributed by atoms with Gasteiger partial charge in [0.25, 0.3) is 0 Å². The van der Waals surface area contributed by atoms with E-state index < -0.39 is 0 Å². The lowest BCUT2D eigenvalue weighted by molar-refractivity contribution is -0.141. The summed E-state index contributed by atoms with van der Waals surface area (Å²) in [5, 5.41) is 10.5.